The number of nitrogens with zero attached hydrogens (tertiary/aromatic N) is 3. The van der Waals surface area contributed by atoms with Gasteiger partial charge >= 0.3 is 5.69 Å². The molecule has 1 aromatic heterocycles. The molecule has 9 nitrogen and oxygen atoms in total. The highest BCUT2D eigenvalue weighted by atomic mass is 32.2. The summed E-state index contributed by atoms with van der Waals surface area (Å²) in [7, 11) is -0.962. The van der Waals surface area contributed by atoms with Gasteiger partial charge in [0.15, 0.2) is 9.84 Å². The van der Waals surface area contributed by atoms with Crippen molar-refractivity contribution in [1.29, 1.82) is 0 Å². The highest BCUT2D eigenvalue weighted by Gasteiger charge is 2.14. The van der Waals surface area contributed by atoms with E-state index in [2.05, 4.69) is 4.99 Å². The molecule has 0 saturated heterocycles. The van der Waals surface area contributed by atoms with Crippen molar-refractivity contribution in [2.75, 3.05) is 12.4 Å². The van der Waals surface area contributed by atoms with Gasteiger partial charge in [0.05, 0.1) is 22.9 Å². The number of rotatable bonds is 5. The van der Waals surface area contributed by atoms with Crippen LogP contribution < -0.4 is 11.2 Å². The lowest BCUT2D eigenvalue weighted by atomic mass is 10.3. The molecule has 0 bridgehead atoms. The first kappa shape index (κ1) is 18.6. The molecule has 0 atom stereocenters. The van der Waals surface area contributed by atoms with Gasteiger partial charge in [-0.25, -0.2) is 13.2 Å². The Hall–Kier alpha value is -2.72. The van der Waals surface area contributed by atoms with Crippen LogP contribution in [0.4, 0.5) is 5.69 Å². The predicted molar refractivity (Wildman–Crippen MR) is 91.4 cm³/mol. The molecule has 2 aromatic rings. The molecule has 0 spiro atoms. The van der Waals surface area contributed by atoms with Gasteiger partial charge in [-0.1, -0.05) is 0 Å². The molecular weight excluding hydrogens is 350 g/mol. The summed E-state index contributed by atoms with van der Waals surface area (Å²) >= 11 is 0. The van der Waals surface area contributed by atoms with E-state index >= 15 is 0 Å². The number of aliphatic hydroxyl groups is 1. The average Bonchev–Trinajstić information content (AvgIpc) is 2.58. The molecular formula is C15H17N3O6S. The summed E-state index contributed by atoms with van der Waals surface area (Å²) in [6.45, 7) is -0.475. The molecule has 1 heterocycles. The van der Waals surface area contributed by atoms with Crippen molar-refractivity contribution < 1.29 is 18.6 Å². The van der Waals surface area contributed by atoms with E-state index in [1.165, 1.54) is 38.4 Å². The predicted octanol–water partition coefficient (Wildman–Crippen LogP) is -0.694. The van der Waals surface area contributed by atoms with Gasteiger partial charge in [0.25, 0.3) is 5.56 Å². The molecule has 0 fully saturated rings. The van der Waals surface area contributed by atoms with Gasteiger partial charge in [0.2, 0.25) is 5.88 Å². The maximum absolute atomic E-state index is 12.0. The number of hydrogen-bond donors (Lipinski definition) is 2. The SMILES string of the molecule is Cn1c(O)c(C=Nc2ccc(S(=O)(=O)CCO)cc2)c(=O)n(C)c1=O. The molecule has 0 saturated carbocycles. The molecule has 25 heavy (non-hydrogen) atoms. The zero-order valence-electron chi connectivity index (χ0n) is 13.6. The van der Waals surface area contributed by atoms with E-state index < -0.39 is 33.6 Å². The number of sulfone groups is 1. The first-order valence-electron chi connectivity index (χ1n) is 7.15. The minimum absolute atomic E-state index is 0.0429. The van der Waals surface area contributed by atoms with Crippen molar-refractivity contribution >= 4 is 21.7 Å². The molecule has 10 heteroatoms. The summed E-state index contributed by atoms with van der Waals surface area (Å²) in [6, 6.07) is 5.50. The van der Waals surface area contributed by atoms with Crippen LogP contribution in [-0.4, -0.2) is 46.3 Å². The van der Waals surface area contributed by atoms with Crippen molar-refractivity contribution in [3.63, 3.8) is 0 Å². The number of aliphatic hydroxyl groups excluding tert-OH is 1. The van der Waals surface area contributed by atoms with Crippen LogP contribution in [0.15, 0.2) is 43.7 Å². The van der Waals surface area contributed by atoms with Gasteiger partial charge in [-0.05, 0) is 24.3 Å². The maximum Gasteiger partial charge on any atom is 0.333 e. The standard InChI is InChI=1S/C15H17N3O6S/c1-17-13(20)12(14(21)18(2)15(17)22)9-16-10-3-5-11(6-4-10)25(23,24)8-7-19/h3-6,9,19-20H,7-8H2,1-2H3. The first-order valence-corrected chi connectivity index (χ1v) is 8.81. The third kappa shape index (κ3) is 3.69. The normalized spacial score (nSPS) is 12.0. The molecule has 0 radical (unpaired) electrons. The summed E-state index contributed by atoms with van der Waals surface area (Å²) in [5.41, 5.74) is -1.19. The van der Waals surface area contributed by atoms with Crippen molar-refractivity contribution in [3.8, 4) is 5.88 Å². The molecule has 0 unspecified atom stereocenters. The lowest BCUT2D eigenvalue weighted by Gasteiger charge is -2.07. The maximum atomic E-state index is 12.0. The molecule has 0 aliphatic carbocycles. The van der Waals surface area contributed by atoms with Gasteiger partial charge in [0, 0.05) is 20.3 Å². The van der Waals surface area contributed by atoms with Gasteiger partial charge < -0.3 is 10.2 Å². The van der Waals surface area contributed by atoms with Gasteiger partial charge in [-0.15, -0.1) is 0 Å². The summed E-state index contributed by atoms with van der Waals surface area (Å²) in [5, 5.41) is 18.7. The topological polar surface area (TPSA) is 131 Å². The Bertz CT molecular complexity index is 1030. The van der Waals surface area contributed by atoms with Crippen LogP contribution in [-0.2, 0) is 23.9 Å². The molecule has 0 aliphatic rings. The quantitative estimate of drug-likeness (QED) is 0.672. The smallest absolute Gasteiger partial charge is 0.333 e. The van der Waals surface area contributed by atoms with Crippen molar-refractivity contribution in [2.45, 2.75) is 4.90 Å². The van der Waals surface area contributed by atoms with Crippen molar-refractivity contribution in [3.05, 3.63) is 50.7 Å². The monoisotopic (exact) mass is 367 g/mol. The third-order valence-electron chi connectivity index (χ3n) is 3.57. The van der Waals surface area contributed by atoms with Crippen molar-refractivity contribution in [2.24, 2.45) is 19.1 Å². The van der Waals surface area contributed by atoms with E-state index in [0.717, 1.165) is 15.3 Å². The number of aromatic nitrogens is 2. The summed E-state index contributed by atoms with van der Waals surface area (Å²) in [5.74, 6) is -0.892. The molecule has 0 aliphatic heterocycles. The Labute approximate surface area is 143 Å². The van der Waals surface area contributed by atoms with E-state index in [-0.39, 0.29) is 16.2 Å². The fourth-order valence-electron chi connectivity index (χ4n) is 2.09. The second kappa shape index (κ2) is 7.03. The second-order valence-electron chi connectivity index (χ2n) is 5.24. The van der Waals surface area contributed by atoms with E-state index in [1.54, 1.807) is 0 Å². The fraction of sp³-hybridized carbons (Fsp3) is 0.267. The van der Waals surface area contributed by atoms with Crippen LogP contribution in [0.25, 0.3) is 0 Å². The van der Waals surface area contributed by atoms with Crippen LogP contribution in [0, 0.1) is 0 Å². The molecule has 0 amide bonds. The van der Waals surface area contributed by atoms with Crippen LogP contribution in [0.5, 0.6) is 5.88 Å². The number of aliphatic imine (C=N–C) groups is 1. The third-order valence-corrected chi connectivity index (χ3v) is 5.28. The zero-order valence-corrected chi connectivity index (χ0v) is 14.4. The highest BCUT2D eigenvalue weighted by molar-refractivity contribution is 7.91. The summed E-state index contributed by atoms with van der Waals surface area (Å²) in [4.78, 5) is 27.8. The summed E-state index contributed by atoms with van der Waals surface area (Å²) in [6.07, 6.45) is 1.11. The fourth-order valence-corrected chi connectivity index (χ4v) is 3.12. The Morgan fingerprint density at radius 3 is 2.28 bits per heavy atom. The Balaban J connectivity index is 2.39. The highest BCUT2D eigenvalue weighted by Crippen LogP contribution is 2.18. The Kier molecular flexibility index (Phi) is 5.24. The lowest BCUT2D eigenvalue weighted by Crippen LogP contribution is -2.38. The van der Waals surface area contributed by atoms with E-state index in [9.17, 15) is 23.1 Å². The van der Waals surface area contributed by atoms with Gasteiger partial charge in [-0.2, -0.15) is 0 Å². The molecule has 1 aromatic carbocycles. The Morgan fingerprint density at radius 2 is 1.72 bits per heavy atom. The van der Waals surface area contributed by atoms with Crippen LogP contribution in [0.2, 0.25) is 0 Å². The molecule has 2 N–H and O–H groups in total. The number of hydrogen-bond acceptors (Lipinski definition) is 7. The lowest BCUT2D eigenvalue weighted by molar-refractivity contribution is 0.319. The number of aromatic hydroxyl groups is 1. The van der Waals surface area contributed by atoms with Gasteiger partial charge in [0.1, 0.15) is 5.56 Å². The summed E-state index contributed by atoms with van der Waals surface area (Å²) < 4.78 is 25.4. The minimum Gasteiger partial charge on any atom is -0.494 e. The minimum atomic E-state index is -3.56. The Morgan fingerprint density at radius 1 is 1.12 bits per heavy atom. The van der Waals surface area contributed by atoms with Crippen LogP contribution in [0.1, 0.15) is 5.56 Å². The van der Waals surface area contributed by atoms with Crippen LogP contribution >= 0.6 is 0 Å². The van der Waals surface area contributed by atoms with E-state index in [0.29, 0.717) is 5.69 Å². The number of benzene rings is 1. The molecule has 134 valence electrons. The average molecular weight is 367 g/mol. The van der Waals surface area contributed by atoms with Crippen LogP contribution in [0.3, 0.4) is 0 Å². The first-order chi connectivity index (χ1) is 11.7. The molecule has 2 rings (SSSR count). The van der Waals surface area contributed by atoms with E-state index in [1.807, 2.05) is 0 Å². The van der Waals surface area contributed by atoms with E-state index in [4.69, 9.17) is 5.11 Å². The van der Waals surface area contributed by atoms with Crippen molar-refractivity contribution in [1.82, 2.24) is 9.13 Å². The largest absolute Gasteiger partial charge is 0.494 e. The van der Waals surface area contributed by atoms with Gasteiger partial charge in [-0.3, -0.25) is 18.9 Å². The zero-order chi connectivity index (χ0) is 18.8. The second-order valence-corrected chi connectivity index (χ2v) is 7.35.